The maximum atomic E-state index is 14.5. The summed E-state index contributed by atoms with van der Waals surface area (Å²) in [6.45, 7) is -0.0104. The van der Waals surface area contributed by atoms with Crippen molar-refractivity contribution in [1.82, 2.24) is 15.5 Å². The molecule has 0 saturated carbocycles. The van der Waals surface area contributed by atoms with E-state index in [0.717, 1.165) is 18.2 Å². The minimum absolute atomic E-state index is 0.0104. The summed E-state index contributed by atoms with van der Waals surface area (Å²) in [6.07, 6.45) is 0. The van der Waals surface area contributed by atoms with Crippen LogP contribution in [0.5, 0.6) is 5.75 Å². The van der Waals surface area contributed by atoms with Crippen molar-refractivity contribution in [3.8, 4) is 17.2 Å². The lowest BCUT2D eigenvalue weighted by molar-refractivity contribution is -0.119. The third-order valence-electron chi connectivity index (χ3n) is 4.71. The summed E-state index contributed by atoms with van der Waals surface area (Å²) in [4.78, 5) is 12.3. The molecule has 0 spiro atoms. The molecule has 2 N–H and O–H groups in total. The van der Waals surface area contributed by atoms with Crippen LogP contribution in [0.2, 0.25) is 5.02 Å². The lowest BCUT2D eigenvalue weighted by Crippen LogP contribution is -2.33. The zero-order valence-corrected chi connectivity index (χ0v) is 16.1. The van der Waals surface area contributed by atoms with Gasteiger partial charge < -0.3 is 19.8 Å². The fourth-order valence-electron chi connectivity index (χ4n) is 3.28. The normalized spacial score (nSPS) is 18.4. The van der Waals surface area contributed by atoms with Gasteiger partial charge in [-0.2, -0.15) is 0 Å². The molecule has 3 aromatic rings. The topological polar surface area (TPSA) is 89.3 Å². The molecular weight excluding hydrogens is 425 g/mol. The molecule has 2 aromatic carbocycles. The van der Waals surface area contributed by atoms with Crippen LogP contribution in [0.15, 0.2) is 34.7 Å². The largest absolute Gasteiger partial charge is 0.497 e. The molecule has 1 fully saturated rings. The van der Waals surface area contributed by atoms with Gasteiger partial charge in [-0.3, -0.25) is 4.79 Å². The number of nitrogens with one attached hydrogen (secondary N) is 2. The number of aromatic nitrogens is 2. The van der Waals surface area contributed by atoms with Crippen molar-refractivity contribution in [3.63, 3.8) is 0 Å². The third-order valence-corrected chi connectivity index (χ3v) is 4.94. The first kappa shape index (κ1) is 20.0. The van der Waals surface area contributed by atoms with Crippen molar-refractivity contribution in [1.29, 1.82) is 0 Å². The second kappa shape index (κ2) is 7.86. The smallest absolute Gasteiger partial charge is 0.316 e. The summed E-state index contributed by atoms with van der Waals surface area (Å²) in [5.41, 5.74) is -0.269. The van der Waals surface area contributed by atoms with E-state index in [9.17, 15) is 18.0 Å². The van der Waals surface area contributed by atoms with E-state index in [1.54, 1.807) is 0 Å². The Morgan fingerprint density at radius 3 is 2.57 bits per heavy atom. The van der Waals surface area contributed by atoms with Crippen LogP contribution in [0, 0.1) is 17.5 Å². The van der Waals surface area contributed by atoms with Gasteiger partial charge in [0.05, 0.1) is 12.7 Å². The summed E-state index contributed by atoms with van der Waals surface area (Å²) in [6, 6.07) is 4.67. The van der Waals surface area contributed by atoms with Crippen LogP contribution in [0.25, 0.3) is 11.5 Å². The summed E-state index contributed by atoms with van der Waals surface area (Å²) in [5.74, 6) is -3.91. The molecular formula is C19H14ClF3N4O3. The number of nitrogens with zero attached hydrogens (tertiary/aromatic N) is 2. The van der Waals surface area contributed by atoms with Gasteiger partial charge in [0.2, 0.25) is 5.91 Å². The van der Waals surface area contributed by atoms with Gasteiger partial charge >= 0.3 is 6.01 Å². The number of hydrogen-bond acceptors (Lipinski definition) is 6. The Morgan fingerprint density at radius 2 is 1.90 bits per heavy atom. The van der Waals surface area contributed by atoms with E-state index in [0.29, 0.717) is 0 Å². The number of methoxy groups -OCH3 is 1. The third kappa shape index (κ3) is 3.65. The molecule has 1 aliphatic heterocycles. The Morgan fingerprint density at radius 1 is 1.17 bits per heavy atom. The quantitative estimate of drug-likeness (QED) is 0.633. The second-order valence-electron chi connectivity index (χ2n) is 6.51. The molecule has 4 rings (SSSR count). The number of halogens is 4. The highest BCUT2D eigenvalue weighted by Gasteiger charge is 2.40. The van der Waals surface area contributed by atoms with E-state index >= 15 is 0 Å². The average Bonchev–Trinajstić information content (AvgIpc) is 3.29. The second-order valence-corrected chi connectivity index (χ2v) is 6.95. The molecule has 1 aromatic heterocycles. The first-order valence-corrected chi connectivity index (χ1v) is 9.11. The molecule has 2 unspecified atom stereocenters. The number of ether oxygens (including phenoxy) is 1. The molecule has 1 amide bonds. The monoisotopic (exact) mass is 438 g/mol. The van der Waals surface area contributed by atoms with Crippen LogP contribution in [0.1, 0.15) is 11.5 Å². The van der Waals surface area contributed by atoms with Gasteiger partial charge in [-0.1, -0.05) is 16.7 Å². The summed E-state index contributed by atoms with van der Waals surface area (Å²) < 4.78 is 53.3. The predicted octanol–water partition coefficient (Wildman–Crippen LogP) is 3.51. The van der Waals surface area contributed by atoms with Crippen LogP contribution < -0.4 is 15.4 Å². The van der Waals surface area contributed by atoms with E-state index in [2.05, 4.69) is 20.8 Å². The fraction of sp³-hybridized carbons (Fsp3) is 0.211. The van der Waals surface area contributed by atoms with E-state index in [4.69, 9.17) is 20.8 Å². The first-order valence-electron chi connectivity index (χ1n) is 8.73. The van der Waals surface area contributed by atoms with Crippen LogP contribution in [0.4, 0.5) is 19.2 Å². The van der Waals surface area contributed by atoms with Gasteiger partial charge in [0.15, 0.2) is 0 Å². The van der Waals surface area contributed by atoms with Crippen molar-refractivity contribution in [2.45, 2.75) is 12.0 Å². The number of carbonyl (C=O) groups is 1. The number of amides is 1. The summed E-state index contributed by atoms with van der Waals surface area (Å²) in [7, 11) is 1.29. The zero-order chi connectivity index (χ0) is 21.4. The molecule has 0 radical (unpaired) electrons. The first-order chi connectivity index (χ1) is 14.4. The van der Waals surface area contributed by atoms with Crippen molar-refractivity contribution in [2.24, 2.45) is 0 Å². The Balaban J connectivity index is 1.61. The molecule has 30 heavy (non-hydrogen) atoms. The molecule has 7 nitrogen and oxygen atoms in total. The van der Waals surface area contributed by atoms with E-state index in [-0.39, 0.29) is 40.3 Å². The van der Waals surface area contributed by atoms with Gasteiger partial charge in [-0.15, -0.1) is 5.10 Å². The number of benzene rings is 2. The van der Waals surface area contributed by atoms with Crippen molar-refractivity contribution >= 4 is 23.5 Å². The Bertz CT molecular complexity index is 1100. The maximum absolute atomic E-state index is 14.5. The molecule has 2 heterocycles. The Labute approximate surface area is 173 Å². The molecule has 156 valence electrons. The Hall–Kier alpha value is -3.27. The van der Waals surface area contributed by atoms with Gasteiger partial charge in [0, 0.05) is 35.2 Å². The van der Waals surface area contributed by atoms with Crippen LogP contribution in [-0.4, -0.2) is 35.8 Å². The average molecular weight is 439 g/mol. The SMILES string of the molecule is COc1cc(F)c(C2CNC(=O)C2Nc2nnc(-c3ccc(Cl)cc3F)o2)c(F)c1. The highest BCUT2D eigenvalue weighted by molar-refractivity contribution is 6.30. The van der Waals surface area contributed by atoms with Crippen LogP contribution in [0.3, 0.4) is 0 Å². The molecule has 2 atom stereocenters. The van der Waals surface area contributed by atoms with Crippen molar-refractivity contribution < 1.29 is 27.1 Å². The van der Waals surface area contributed by atoms with E-state index in [1.165, 1.54) is 19.2 Å². The number of hydrogen-bond donors (Lipinski definition) is 2. The predicted molar refractivity (Wildman–Crippen MR) is 101 cm³/mol. The Kier molecular flexibility index (Phi) is 5.25. The number of rotatable bonds is 5. The molecule has 1 aliphatic rings. The van der Waals surface area contributed by atoms with Gasteiger partial charge in [-0.25, -0.2) is 13.2 Å². The lowest BCUT2D eigenvalue weighted by atomic mass is 9.93. The van der Waals surface area contributed by atoms with Gasteiger partial charge in [0.1, 0.15) is 29.2 Å². The fourth-order valence-corrected chi connectivity index (χ4v) is 3.43. The number of anilines is 1. The molecule has 1 saturated heterocycles. The van der Waals surface area contributed by atoms with Gasteiger partial charge in [-0.05, 0) is 18.2 Å². The standard InChI is InChI=1S/C19H14ClF3N4O3/c1-29-9-5-13(22)15(14(23)6-9)11-7-24-17(28)16(11)25-19-27-26-18(30-19)10-3-2-8(20)4-12(10)21/h2-6,11,16H,7H2,1H3,(H,24,28)(H,25,27). The number of carbonyl (C=O) groups excluding carboxylic acids is 1. The van der Waals surface area contributed by atoms with Crippen LogP contribution >= 0.6 is 11.6 Å². The molecule has 0 bridgehead atoms. The highest BCUT2D eigenvalue weighted by Crippen LogP contribution is 2.33. The minimum Gasteiger partial charge on any atom is -0.497 e. The van der Waals surface area contributed by atoms with E-state index in [1.807, 2.05) is 0 Å². The lowest BCUT2D eigenvalue weighted by Gasteiger charge is -2.19. The molecule has 0 aliphatic carbocycles. The zero-order valence-electron chi connectivity index (χ0n) is 15.4. The molecule has 11 heteroatoms. The maximum Gasteiger partial charge on any atom is 0.316 e. The van der Waals surface area contributed by atoms with E-state index < -0.39 is 35.3 Å². The van der Waals surface area contributed by atoms with Crippen molar-refractivity contribution in [2.75, 3.05) is 19.0 Å². The van der Waals surface area contributed by atoms with Crippen LogP contribution in [-0.2, 0) is 4.79 Å². The minimum atomic E-state index is -1.09. The van der Waals surface area contributed by atoms with Crippen molar-refractivity contribution in [3.05, 3.63) is 58.4 Å². The summed E-state index contributed by atoms with van der Waals surface area (Å²) in [5, 5.41) is 12.9. The highest BCUT2D eigenvalue weighted by atomic mass is 35.5. The summed E-state index contributed by atoms with van der Waals surface area (Å²) >= 11 is 5.73. The van der Waals surface area contributed by atoms with Gasteiger partial charge in [0.25, 0.3) is 5.89 Å².